The van der Waals surface area contributed by atoms with Crippen molar-refractivity contribution < 1.29 is 0 Å². The summed E-state index contributed by atoms with van der Waals surface area (Å²) in [5.74, 6) is 1.55. The molecule has 7 heteroatoms. The molecule has 3 rings (SSSR count). The largest absolute Gasteiger partial charge is 0.361 e. The van der Waals surface area contributed by atoms with E-state index in [2.05, 4.69) is 30.7 Å². The molecule has 7 nitrogen and oxygen atoms in total. The van der Waals surface area contributed by atoms with Gasteiger partial charge in [0.05, 0.1) is 12.2 Å². The van der Waals surface area contributed by atoms with E-state index in [-0.39, 0.29) is 0 Å². The minimum absolute atomic E-state index is 0.624. The van der Waals surface area contributed by atoms with E-state index in [1.807, 2.05) is 23.6 Å². The van der Waals surface area contributed by atoms with Crippen LogP contribution >= 0.6 is 0 Å². The number of fused-ring (bicyclic) bond motifs is 1. The fourth-order valence-electron chi connectivity index (χ4n) is 1.63. The number of aromatic nitrogens is 6. The number of aromatic amines is 1. The van der Waals surface area contributed by atoms with E-state index < -0.39 is 0 Å². The number of hydrogen-bond donors (Lipinski definition) is 2. The highest BCUT2D eigenvalue weighted by molar-refractivity contribution is 5.61. The second-order valence-electron chi connectivity index (χ2n) is 3.65. The lowest BCUT2D eigenvalue weighted by Crippen LogP contribution is -2.04. The van der Waals surface area contributed by atoms with Gasteiger partial charge >= 0.3 is 0 Å². The van der Waals surface area contributed by atoms with Crippen molar-refractivity contribution in [2.45, 2.75) is 13.5 Å². The summed E-state index contributed by atoms with van der Waals surface area (Å²) in [6.07, 6.45) is 5.27. The normalized spacial score (nSPS) is 10.9. The molecule has 3 aromatic heterocycles. The molecule has 0 bridgehead atoms. The van der Waals surface area contributed by atoms with Gasteiger partial charge in [-0.15, -0.1) is 10.2 Å². The number of nitrogens with zero attached hydrogens (tertiary/aromatic N) is 5. The van der Waals surface area contributed by atoms with Crippen LogP contribution in [0.15, 0.2) is 24.7 Å². The lowest BCUT2D eigenvalue weighted by Gasteiger charge is -2.04. The second-order valence-corrected chi connectivity index (χ2v) is 3.65. The van der Waals surface area contributed by atoms with Gasteiger partial charge in [-0.3, -0.25) is 9.50 Å². The Morgan fingerprint density at radius 3 is 3.12 bits per heavy atom. The first kappa shape index (κ1) is 9.76. The van der Waals surface area contributed by atoms with Gasteiger partial charge in [-0.1, -0.05) is 0 Å². The minimum atomic E-state index is 0.624. The van der Waals surface area contributed by atoms with Gasteiger partial charge in [-0.25, -0.2) is 4.98 Å². The van der Waals surface area contributed by atoms with Crippen LogP contribution in [0.25, 0.3) is 5.65 Å². The number of aryl methyl sites for hydroxylation is 1. The molecule has 0 aliphatic rings. The van der Waals surface area contributed by atoms with Crippen LogP contribution in [0.5, 0.6) is 0 Å². The Morgan fingerprint density at radius 1 is 1.35 bits per heavy atom. The monoisotopic (exact) mass is 229 g/mol. The zero-order valence-electron chi connectivity index (χ0n) is 9.25. The molecule has 0 fully saturated rings. The van der Waals surface area contributed by atoms with Gasteiger partial charge in [0.15, 0.2) is 5.82 Å². The van der Waals surface area contributed by atoms with Crippen molar-refractivity contribution in [3.63, 3.8) is 0 Å². The van der Waals surface area contributed by atoms with Crippen LogP contribution in [0.1, 0.15) is 11.5 Å². The maximum Gasteiger partial charge on any atom is 0.203 e. The van der Waals surface area contributed by atoms with Crippen LogP contribution in [0.2, 0.25) is 0 Å². The van der Waals surface area contributed by atoms with Crippen molar-refractivity contribution in [2.24, 2.45) is 0 Å². The van der Waals surface area contributed by atoms with Gasteiger partial charge in [0.1, 0.15) is 5.82 Å². The predicted molar refractivity (Wildman–Crippen MR) is 61.4 cm³/mol. The Labute approximate surface area is 96.9 Å². The SMILES string of the molecule is Cc1nnc2c(NCc3ccn[nH]3)nccn12. The fourth-order valence-corrected chi connectivity index (χ4v) is 1.63. The standard InChI is InChI=1S/C10H11N7/c1-7-14-16-10-9(11-4-5-17(7)10)12-6-8-2-3-13-15-8/h2-5H,6H2,1H3,(H,11,12)(H,13,15). The Balaban J connectivity index is 1.90. The van der Waals surface area contributed by atoms with Crippen LogP contribution in [0.4, 0.5) is 5.82 Å². The fraction of sp³-hybridized carbons (Fsp3) is 0.200. The molecule has 0 aliphatic heterocycles. The molecule has 3 aromatic rings. The van der Waals surface area contributed by atoms with Gasteiger partial charge in [0.2, 0.25) is 5.65 Å². The molecule has 0 saturated carbocycles. The van der Waals surface area contributed by atoms with Crippen molar-refractivity contribution in [3.05, 3.63) is 36.2 Å². The zero-order chi connectivity index (χ0) is 11.7. The van der Waals surface area contributed by atoms with Gasteiger partial charge in [-0.2, -0.15) is 5.10 Å². The highest BCUT2D eigenvalue weighted by Gasteiger charge is 2.07. The van der Waals surface area contributed by atoms with E-state index in [1.54, 1.807) is 12.4 Å². The summed E-state index contributed by atoms with van der Waals surface area (Å²) >= 11 is 0. The Bertz CT molecular complexity index is 625. The predicted octanol–water partition coefficient (Wildman–Crippen LogP) is 0.768. The highest BCUT2D eigenvalue weighted by Crippen LogP contribution is 2.12. The Kier molecular flexibility index (Phi) is 2.21. The molecule has 0 aromatic carbocycles. The number of hydrogen-bond acceptors (Lipinski definition) is 5. The molecule has 86 valence electrons. The summed E-state index contributed by atoms with van der Waals surface area (Å²) in [7, 11) is 0. The van der Waals surface area contributed by atoms with Gasteiger partial charge in [0.25, 0.3) is 0 Å². The molecule has 3 heterocycles. The van der Waals surface area contributed by atoms with E-state index in [0.29, 0.717) is 12.4 Å². The maximum atomic E-state index is 4.25. The lowest BCUT2D eigenvalue weighted by molar-refractivity contribution is 0.968. The summed E-state index contributed by atoms with van der Waals surface area (Å²) in [4.78, 5) is 4.25. The molecular formula is C10H11N7. The Morgan fingerprint density at radius 2 is 2.29 bits per heavy atom. The second kappa shape index (κ2) is 3.85. The average molecular weight is 229 g/mol. The quantitative estimate of drug-likeness (QED) is 0.693. The van der Waals surface area contributed by atoms with E-state index in [1.165, 1.54) is 0 Å². The van der Waals surface area contributed by atoms with Gasteiger partial charge in [0, 0.05) is 18.6 Å². The topological polar surface area (TPSA) is 83.8 Å². The molecule has 0 radical (unpaired) electrons. The van der Waals surface area contributed by atoms with E-state index in [0.717, 1.165) is 17.2 Å². The van der Waals surface area contributed by atoms with Gasteiger partial charge in [-0.05, 0) is 13.0 Å². The van der Waals surface area contributed by atoms with E-state index in [9.17, 15) is 0 Å². The van der Waals surface area contributed by atoms with Crippen LogP contribution in [0, 0.1) is 6.92 Å². The first-order valence-corrected chi connectivity index (χ1v) is 5.23. The summed E-state index contributed by atoms with van der Waals surface area (Å²) in [5, 5.41) is 18.1. The van der Waals surface area contributed by atoms with Crippen molar-refractivity contribution >= 4 is 11.5 Å². The Hall–Kier alpha value is -2.44. The minimum Gasteiger partial charge on any atom is -0.361 e. The molecule has 0 spiro atoms. The number of rotatable bonds is 3. The third-order valence-electron chi connectivity index (χ3n) is 2.50. The maximum absolute atomic E-state index is 4.25. The van der Waals surface area contributed by atoms with Gasteiger partial charge < -0.3 is 5.32 Å². The number of anilines is 1. The van der Waals surface area contributed by atoms with Crippen LogP contribution in [0.3, 0.4) is 0 Å². The lowest BCUT2D eigenvalue weighted by atomic mass is 10.4. The summed E-state index contributed by atoms with van der Waals surface area (Å²) in [6.45, 7) is 2.53. The third kappa shape index (κ3) is 1.71. The molecule has 0 unspecified atom stereocenters. The summed E-state index contributed by atoms with van der Waals surface area (Å²) < 4.78 is 1.89. The first-order valence-electron chi connectivity index (χ1n) is 5.23. The van der Waals surface area contributed by atoms with Crippen LogP contribution < -0.4 is 5.32 Å². The first-order chi connectivity index (χ1) is 8.34. The number of H-pyrrole nitrogens is 1. The van der Waals surface area contributed by atoms with Crippen molar-refractivity contribution in [1.29, 1.82) is 0 Å². The van der Waals surface area contributed by atoms with Crippen molar-refractivity contribution in [2.75, 3.05) is 5.32 Å². The van der Waals surface area contributed by atoms with E-state index in [4.69, 9.17) is 0 Å². The van der Waals surface area contributed by atoms with Crippen molar-refractivity contribution in [3.8, 4) is 0 Å². The van der Waals surface area contributed by atoms with Crippen molar-refractivity contribution in [1.82, 2.24) is 29.8 Å². The van der Waals surface area contributed by atoms with E-state index >= 15 is 0 Å². The molecular weight excluding hydrogens is 218 g/mol. The number of nitrogens with one attached hydrogen (secondary N) is 2. The molecule has 17 heavy (non-hydrogen) atoms. The summed E-state index contributed by atoms with van der Waals surface area (Å²) in [5.41, 5.74) is 1.72. The molecule has 2 N–H and O–H groups in total. The van der Waals surface area contributed by atoms with Crippen LogP contribution in [-0.4, -0.2) is 29.8 Å². The zero-order valence-corrected chi connectivity index (χ0v) is 9.25. The smallest absolute Gasteiger partial charge is 0.203 e. The van der Waals surface area contributed by atoms with Crippen LogP contribution in [-0.2, 0) is 6.54 Å². The summed E-state index contributed by atoms with van der Waals surface area (Å²) in [6, 6.07) is 1.90. The highest BCUT2D eigenvalue weighted by atomic mass is 15.3. The average Bonchev–Trinajstić information content (AvgIpc) is 2.97. The molecule has 0 atom stereocenters. The third-order valence-corrected chi connectivity index (χ3v) is 2.50. The molecule has 0 saturated heterocycles. The molecule has 0 amide bonds. The molecule has 0 aliphatic carbocycles.